The van der Waals surface area contributed by atoms with E-state index in [1.807, 2.05) is 0 Å². The first-order valence-electron chi connectivity index (χ1n) is 7.69. The molecule has 1 aliphatic rings. The molecule has 0 aromatic carbocycles. The van der Waals surface area contributed by atoms with Crippen molar-refractivity contribution in [3.05, 3.63) is 0 Å². The molecular formula is C15H29NO7. The van der Waals surface area contributed by atoms with Crippen LogP contribution in [0.1, 0.15) is 41.0 Å². The topological polar surface area (TPSA) is 128 Å². The minimum Gasteiger partial charge on any atom is -0.444 e. The van der Waals surface area contributed by atoms with Gasteiger partial charge in [0.05, 0.1) is 24.4 Å². The van der Waals surface area contributed by atoms with Gasteiger partial charge >= 0.3 is 6.09 Å². The molecule has 5 N–H and O–H groups in total. The van der Waals surface area contributed by atoms with E-state index in [9.17, 15) is 20.1 Å². The molecule has 1 aliphatic heterocycles. The van der Waals surface area contributed by atoms with E-state index < -0.39 is 54.4 Å². The van der Waals surface area contributed by atoms with E-state index in [1.165, 1.54) is 0 Å². The Morgan fingerprint density at radius 3 is 2.43 bits per heavy atom. The van der Waals surface area contributed by atoms with Gasteiger partial charge in [0.25, 0.3) is 0 Å². The number of ether oxygens (including phenoxy) is 2. The lowest BCUT2D eigenvalue weighted by molar-refractivity contribution is -0.208. The van der Waals surface area contributed by atoms with E-state index in [0.717, 1.165) is 0 Å². The molecule has 8 nitrogen and oxygen atoms in total. The minimum atomic E-state index is -1.48. The number of aliphatic hydroxyl groups is 4. The number of rotatable bonds is 4. The first kappa shape index (κ1) is 20.1. The number of amides is 1. The maximum atomic E-state index is 11.9. The standard InChI is InChI=1S/C15H29NO7/c1-14(2,3)23-13(21)16-10-8(18)6-15(4,5)22-12(10)11(20)9(19)7-17/h8-12,17-20H,6-7H2,1-5H3,(H,16,21)/t8-,9-,10?,11-,12?/m1/s1. The van der Waals surface area contributed by atoms with Crippen LogP contribution in [-0.2, 0) is 9.47 Å². The summed E-state index contributed by atoms with van der Waals surface area (Å²) in [5.41, 5.74) is -1.48. The number of nitrogens with one attached hydrogen (secondary N) is 1. The summed E-state index contributed by atoms with van der Waals surface area (Å²) in [6, 6.07) is -0.978. The van der Waals surface area contributed by atoms with E-state index >= 15 is 0 Å². The zero-order valence-electron chi connectivity index (χ0n) is 14.3. The lowest BCUT2D eigenvalue weighted by Gasteiger charge is -2.46. The summed E-state index contributed by atoms with van der Waals surface area (Å²) in [7, 11) is 0. The van der Waals surface area contributed by atoms with Crippen LogP contribution in [0.25, 0.3) is 0 Å². The number of carbonyl (C=O) groups is 1. The molecule has 0 radical (unpaired) electrons. The van der Waals surface area contributed by atoms with Crippen molar-refractivity contribution >= 4 is 6.09 Å². The molecule has 1 saturated heterocycles. The van der Waals surface area contributed by atoms with Gasteiger partial charge < -0.3 is 35.2 Å². The average molecular weight is 335 g/mol. The Kier molecular flexibility index (Phi) is 6.39. The van der Waals surface area contributed by atoms with Crippen LogP contribution in [-0.4, -0.2) is 74.8 Å². The summed E-state index contributed by atoms with van der Waals surface area (Å²) in [4.78, 5) is 11.9. The summed E-state index contributed by atoms with van der Waals surface area (Å²) in [6.07, 6.45) is -5.56. The van der Waals surface area contributed by atoms with Gasteiger partial charge in [-0.1, -0.05) is 0 Å². The second-order valence-electron chi connectivity index (χ2n) is 7.53. The van der Waals surface area contributed by atoms with Crippen LogP contribution in [0.5, 0.6) is 0 Å². The van der Waals surface area contributed by atoms with Crippen molar-refractivity contribution in [3.8, 4) is 0 Å². The van der Waals surface area contributed by atoms with E-state index in [-0.39, 0.29) is 6.42 Å². The number of alkyl carbamates (subject to hydrolysis) is 1. The fourth-order valence-corrected chi connectivity index (χ4v) is 2.57. The highest BCUT2D eigenvalue weighted by atomic mass is 16.6. The van der Waals surface area contributed by atoms with Crippen LogP contribution in [0.15, 0.2) is 0 Å². The summed E-state index contributed by atoms with van der Waals surface area (Å²) in [6.45, 7) is 7.88. The lowest BCUT2D eigenvalue weighted by Crippen LogP contribution is -2.64. The van der Waals surface area contributed by atoms with Crippen molar-refractivity contribution in [2.45, 2.75) is 82.7 Å². The fourth-order valence-electron chi connectivity index (χ4n) is 2.57. The molecule has 0 spiro atoms. The highest BCUT2D eigenvalue weighted by molar-refractivity contribution is 5.68. The van der Waals surface area contributed by atoms with E-state index in [0.29, 0.717) is 0 Å². The first-order valence-corrected chi connectivity index (χ1v) is 7.69. The second-order valence-corrected chi connectivity index (χ2v) is 7.53. The average Bonchev–Trinajstić information content (AvgIpc) is 2.37. The Morgan fingerprint density at radius 2 is 1.96 bits per heavy atom. The van der Waals surface area contributed by atoms with Gasteiger partial charge in [-0.05, 0) is 34.6 Å². The maximum absolute atomic E-state index is 11.9. The van der Waals surface area contributed by atoms with E-state index in [2.05, 4.69) is 5.32 Å². The third kappa shape index (κ3) is 5.89. The molecule has 23 heavy (non-hydrogen) atoms. The highest BCUT2D eigenvalue weighted by Gasteiger charge is 2.47. The molecule has 1 heterocycles. The lowest BCUT2D eigenvalue weighted by atomic mass is 9.85. The molecule has 0 aliphatic carbocycles. The summed E-state index contributed by atoms with van der Waals surface area (Å²) in [5, 5.41) is 41.7. The number of aliphatic hydroxyl groups excluding tert-OH is 4. The molecule has 1 rings (SSSR count). The SMILES string of the molecule is CC(C)(C)OC(=O)NC1C([C@H](O)[C@H](O)CO)OC(C)(C)C[C@H]1O. The monoisotopic (exact) mass is 335 g/mol. The zero-order valence-corrected chi connectivity index (χ0v) is 14.3. The quantitative estimate of drug-likeness (QED) is 0.469. The van der Waals surface area contributed by atoms with Gasteiger partial charge in [0.1, 0.15) is 23.9 Å². The largest absolute Gasteiger partial charge is 0.444 e. The summed E-state index contributed by atoms with van der Waals surface area (Å²) in [5.74, 6) is 0. The smallest absolute Gasteiger partial charge is 0.408 e. The third-order valence-corrected chi connectivity index (χ3v) is 3.53. The predicted molar refractivity (Wildman–Crippen MR) is 81.8 cm³/mol. The van der Waals surface area contributed by atoms with E-state index in [1.54, 1.807) is 34.6 Å². The Labute approximate surface area is 136 Å². The van der Waals surface area contributed by atoms with Crippen molar-refractivity contribution < 1.29 is 34.7 Å². The van der Waals surface area contributed by atoms with Crippen LogP contribution >= 0.6 is 0 Å². The van der Waals surface area contributed by atoms with Crippen molar-refractivity contribution in [2.75, 3.05) is 6.61 Å². The predicted octanol–water partition coefficient (Wildman–Crippen LogP) is -0.478. The van der Waals surface area contributed by atoms with Crippen molar-refractivity contribution in [1.29, 1.82) is 0 Å². The molecule has 0 aromatic heterocycles. The van der Waals surface area contributed by atoms with Crippen LogP contribution < -0.4 is 5.32 Å². The molecule has 8 heteroatoms. The molecule has 5 atom stereocenters. The van der Waals surface area contributed by atoms with Crippen LogP contribution in [0.3, 0.4) is 0 Å². The second kappa shape index (κ2) is 7.31. The number of carbonyl (C=O) groups excluding carboxylic acids is 1. The van der Waals surface area contributed by atoms with Gasteiger partial charge in [-0.2, -0.15) is 0 Å². The van der Waals surface area contributed by atoms with Gasteiger partial charge in [-0.3, -0.25) is 0 Å². The minimum absolute atomic E-state index is 0.228. The Hall–Kier alpha value is -0.930. The Balaban J connectivity index is 2.92. The van der Waals surface area contributed by atoms with Crippen LogP contribution in [0.4, 0.5) is 4.79 Å². The molecular weight excluding hydrogens is 306 g/mol. The fraction of sp³-hybridized carbons (Fsp3) is 0.933. The highest BCUT2D eigenvalue weighted by Crippen LogP contribution is 2.31. The zero-order chi connectivity index (χ0) is 18.0. The Bertz CT molecular complexity index is 407. The van der Waals surface area contributed by atoms with Crippen LogP contribution in [0, 0.1) is 0 Å². The van der Waals surface area contributed by atoms with Crippen molar-refractivity contribution in [3.63, 3.8) is 0 Å². The molecule has 0 saturated carbocycles. The first-order chi connectivity index (χ1) is 10.4. The summed E-state index contributed by atoms with van der Waals surface area (Å²) >= 11 is 0. The van der Waals surface area contributed by atoms with Crippen molar-refractivity contribution in [1.82, 2.24) is 5.32 Å². The normalized spacial score (nSPS) is 30.4. The molecule has 0 bridgehead atoms. The van der Waals surface area contributed by atoms with Crippen LogP contribution in [0.2, 0.25) is 0 Å². The van der Waals surface area contributed by atoms with Crippen molar-refractivity contribution in [2.24, 2.45) is 0 Å². The summed E-state index contributed by atoms with van der Waals surface area (Å²) < 4.78 is 10.9. The van der Waals surface area contributed by atoms with Gasteiger partial charge in [-0.15, -0.1) is 0 Å². The molecule has 1 amide bonds. The van der Waals surface area contributed by atoms with Gasteiger partial charge in [-0.25, -0.2) is 4.79 Å². The third-order valence-electron chi connectivity index (χ3n) is 3.53. The Morgan fingerprint density at radius 1 is 1.39 bits per heavy atom. The van der Waals surface area contributed by atoms with Gasteiger partial charge in [0.15, 0.2) is 0 Å². The number of hydrogen-bond donors (Lipinski definition) is 5. The molecule has 1 fully saturated rings. The maximum Gasteiger partial charge on any atom is 0.408 e. The molecule has 0 aromatic rings. The van der Waals surface area contributed by atoms with Gasteiger partial charge in [0.2, 0.25) is 0 Å². The number of hydrogen-bond acceptors (Lipinski definition) is 7. The molecule has 2 unspecified atom stereocenters. The molecule has 136 valence electrons. The van der Waals surface area contributed by atoms with E-state index in [4.69, 9.17) is 14.6 Å². The van der Waals surface area contributed by atoms with Gasteiger partial charge in [0, 0.05) is 6.42 Å².